The molecule has 0 saturated heterocycles. The van der Waals surface area contributed by atoms with E-state index in [9.17, 15) is 29.7 Å². The minimum atomic E-state index is -2.97. The Hall–Kier alpha value is 1.79. The van der Waals surface area contributed by atoms with Crippen molar-refractivity contribution in [1.29, 1.82) is 0 Å². The fourth-order valence-corrected chi connectivity index (χ4v) is 1.28. The van der Waals surface area contributed by atoms with E-state index in [1.54, 1.807) is 0 Å². The predicted octanol–water partition coefficient (Wildman–Crippen LogP) is -20.9. The molecule has 0 aliphatic rings. The van der Waals surface area contributed by atoms with Gasteiger partial charge in [-0.2, -0.15) is 0 Å². The number of carbonyl (C=O) groups excluding carboxylic acids is 3. The van der Waals surface area contributed by atoms with Crippen molar-refractivity contribution < 1.29 is 167 Å². The number of halogens is 2. The Balaban J connectivity index is -0.0000000445. The number of quaternary nitrogens is 2. The van der Waals surface area contributed by atoms with Gasteiger partial charge in [0.05, 0.1) is 61.5 Å². The molecule has 0 spiro atoms. The third-order valence-corrected chi connectivity index (χ3v) is 2.80. The summed E-state index contributed by atoms with van der Waals surface area (Å²) in [5.41, 5.74) is -2.97. The van der Waals surface area contributed by atoms with Gasteiger partial charge < -0.3 is 78.8 Å². The van der Waals surface area contributed by atoms with Gasteiger partial charge in [-0.1, -0.05) is 0 Å². The Morgan fingerprint density at radius 2 is 0.906 bits per heavy atom. The minimum Gasteiger partial charge on any atom is -1.00 e. The van der Waals surface area contributed by atoms with Crippen LogP contribution in [-0.4, -0.2) is 116 Å². The summed E-state index contributed by atoms with van der Waals surface area (Å²) in [5.74, 6) is -5.98. The third-order valence-electron chi connectivity index (χ3n) is 2.80. The Morgan fingerprint density at radius 1 is 0.688 bits per heavy atom. The van der Waals surface area contributed by atoms with Crippen molar-refractivity contribution in [3.8, 4) is 0 Å². The first-order valence-corrected chi connectivity index (χ1v) is 8.06. The number of hydrogen-bond donors (Lipinski definition) is 3. The summed E-state index contributed by atoms with van der Waals surface area (Å²) in [7, 11) is 12.3. The summed E-state index contributed by atoms with van der Waals surface area (Å²) in [4.78, 5) is 30.0. The number of aliphatic carboxylic acids is 3. The Morgan fingerprint density at radius 3 is 0.969 bits per heavy atom. The second kappa shape index (κ2) is 27.4. The van der Waals surface area contributed by atoms with Gasteiger partial charge in [0.25, 0.3) is 0 Å². The molecular formula is C16H33Cl2N2Na3O9. The molecule has 16 heteroatoms. The van der Waals surface area contributed by atoms with E-state index in [1.807, 2.05) is 0 Å². The third kappa shape index (κ3) is 45.3. The maximum absolute atomic E-state index is 10.1. The zero-order valence-electron chi connectivity index (χ0n) is 20.7. The van der Waals surface area contributed by atoms with Crippen LogP contribution in [0, 0.1) is 0 Å². The number of aliphatic hydroxyl groups is 3. The van der Waals surface area contributed by atoms with E-state index in [4.69, 9.17) is 15.3 Å². The normalized spacial score (nSPS) is 9.66. The second-order valence-electron chi connectivity index (χ2n) is 7.89. The molecule has 0 saturated carbocycles. The number of likely N-dealkylation sites (N-methyl/N-ethyl adjacent to an activating group) is 2. The van der Waals surface area contributed by atoms with Crippen LogP contribution in [-0.2, 0) is 14.4 Å². The van der Waals surface area contributed by atoms with Gasteiger partial charge in [0.1, 0.15) is 18.7 Å². The van der Waals surface area contributed by atoms with E-state index in [-0.39, 0.29) is 127 Å². The van der Waals surface area contributed by atoms with Crippen molar-refractivity contribution >= 4 is 17.9 Å². The molecule has 0 atom stereocenters. The van der Waals surface area contributed by atoms with Gasteiger partial charge in [-0.25, -0.2) is 0 Å². The molecule has 0 unspecified atom stereocenters. The van der Waals surface area contributed by atoms with Gasteiger partial charge in [0.2, 0.25) is 0 Å². The van der Waals surface area contributed by atoms with Gasteiger partial charge in [-0.05, 0) is 0 Å². The Bertz CT molecular complexity index is 447. The SMILES string of the molecule is C[N+](C)(C)CCO.C[N+](C)(C)CCO.O=C([O-])CC(O)(CC(=O)[O-])C(=O)[O-].[Cl-].[Cl-].[Na+].[Na+].[Na+]. The number of carboxylic acid groups (broad SMARTS) is 3. The zero-order valence-corrected chi connectivity index (χ0v) is 28.2. The summed E-state index contributed by atoms with van der Waals surface area (Å²) < 4.78 is 1.69. The molecule has 0 amide bonds. The fourth-order valence-electron chi connectivity index (χ4n) is 1.28. The Kier molecular flexibility index (Phi) is 46.7. The average Bonchev–Trinajstić information content (AvgIpc) is 2.34. The quantitative estimate of drug-likeness (QED) is 0.190. The summed E-state index contributed by atoms with van der Waals surface area (Å²) in [6.45, 7) is 2.23. The van der Waals surface area contributed by atoms with Crippen molar-refractivity contribution in [2.75, 3.05) is 68.6 Å². The van der Waals surface area contributed by atoms with Crippen LogP contribution in [0.25, 0.3) is 0 Å². The minimum absolute atomic E-state index is 0. The van der Waals surface area contributed by atoms with Crippen molar-refractivity contribution in [2.24, 2.45) is 0 Å². The van der Waals surface area contributed by atoms with Gasteiger partial charge in [-0.15, -0.1) is 0 Å². The van der Waals surface area contributed by atoms with E-state index in [0.29, 0.717) is 0 Å². The monoisotopic (exact) mass is 536 g/mol. The zero-order chi connectivity index (χ0) is 22.5. The number of aliphatic hydroxyl groups excluding tert-OH is 2. The maximum Gasteiger partial charge on any atom is 1.00 e. The van der Waals surface area contributed by atoms with Crippen molar-refractivity contribution in [1.82, 2.24) is 0 Å². The molecule has 0 heterocycles. The summed E-state index contributed by atoms with van der Waals surface area (Å²) in [6.07, 6.45) is -2.72. The van der Waals surface area contributed by atoms with E-state index in [0.717, 1.165) is 22.1 Å². The van der Waals surface area contributed by atoms with Crippen LogP contribution >= 0.6 is 0 Å². The smallest absolute Gasteiger partial charge is 1.00 e. The summed E-state index contributed by atoms with van der Waals surface area (Å²) >= 11 is 0. The van der Waals surface area contributed by atoms with Crippen LogP contribution in [0.2, 0.25) is 0 Å². The number of rotatable bonds is 9. The molecule has 11 nitrogen and oxygen atoms in total. The molecule has 0 aromatic carbocycles. The molecule has 0 aromatic heterocycles. The number of nitrogens with zero attached hydrogens (tertiary/aromatic N) is 2. The molecule has 0 aliphatic heterocycles. The molecular weight excluding hydrogens is 504 g/mol. The maximum atomic E-state index is 10.1. The van der Waals surface area contributed by atoms with E-state index in [2.05, 4.69) is 42.3 Å². The van der Waals surface area contributed by atoms with Crippen molar-refractivity contribution in [3.63, 3.8) is 0 Å². The molecule has 3 N–H and O–H groups in total. The first-order chi connectivity index (χ1) is 11.9. The predicted molar refractivity (Wildman–Crippen MR) is 89.2 cm³/mol. The first-order valence-electron chi connectivity index (χ1n) is 8.06. The van der Waals surface area contributed by atoms with Crippen LogP contribution < -0.4 is 129 Å². The molecule has 178 valence electrons. The summed E-state index contributed by atoms with van der Waals surface area (Å²) in [5, 5.41) is 55.7. The molecule has 0 rings (SSSR count). The van der Waals surface area contributed by atoms with Gasteiger partial charge in [-0.3, -0.25) is 0 Å². The molecule has 32 heavy (non-hydrogen) atoms. The van der Waals surface area contributed by atoms with Crippen LogP contribution in [0.1, 0.15) is 12.8 Å². The van der Waals surface area contributed by atoms with Gasteiger partial charge in [0.15, 0.2) is 0 Å². The second-order valence-corrected chi connectivity index (χ2v) is 7.89. The van der Waals surface area contributed by atoms with E-state index >= 15 is 0 Å². The van der Waals surface area contributed by atoms with Crippen LogP contribution in [0.4, 0.5) is 0 Å². The molecule has 0 radical (unpaired) electrons. The summed E-state index contributed by atoms with van der Waals surface area (Å²) in [6, 6.07) is 0. The molecule has 0 bridgehead atoms. The number of hydrogen-bond acceptors (Lipinski definition) is 9. The van der Waals surface area contributed by atoms with E-state index in [1.165, 1.54) is 0 Å². The van der Waals surface area contributed by atoms with Crippen LogP contribution in [0.15, 0.2) is 0 Å². The molecule has 0 fully saturated rings. The van der Waals surface area contributed by atoms with E-state index < -0.39 is 36.4 Å². The first kappa shape index (κ1) is 54.6. The topological polar surface area (TPSA) is 181 Å². The largest absolute Gasteiger partial charge is 1.00 e. The van der Waals surface area contributed by atoms with Gasteiger partial charge >= 0.3 is 88.7 Å². The average molecular weight is 537 g/mol. The van der Waals surface area contributed by atoms with Crippen molar-refractivity contribution in [2.45, 2.75) is 18.4 Å². The van der Waals surface area contributed by atoms with Crippen molar-refractivity contribution in [3.05, 3.63) is 0 Å². The molecule has 0 aliphatic carbocycles. The number of carboxylic acids is 3. The number of carbonyl (C=O) groups is 3. The van der Waals surface area contributed by atoms with Gasteiger partial charge in [0, 0.05) is 24.8 Å². The fraction of sp³-hybridized carbons (Fsp3) is 0.812. The van der Waals surface area contributed by atoms with Crippen LogP contribution in [0.3, 0.4) is 0 Å². The molecule has 0 aromatic rings. The van der Waals surface area contributed by atoms with Crippen LogP contribution in [0.5, 0.6) is 0 Å². The Labute approximate surface area is 269 Å². The standard InChI is InChI=1S/C6H8O7.2C5H14NO.2ClH.3Na/c7-3(8)1-6(13,5(11)12)2-4(9)10;2*1-6(2,3)4-5-7;;;;;/h13H,1-2H2,(H,7,8)(H,9,10)(H,11,12);2*7H,4-5H2,1-3H3;2*1H;;;/q;2*+1;;;3*+1/p-5.